The summed E-state index contributed by atoms with van der Waals surface area (Å²) in [4.78, 5) is 18.2. The quantitative estimate of drug-likeness (QED) is 0.917. The molecule has 24 heavy (non-hydrogen) atoms. The van der Waals surface area contributed by atoms with E-state index in [9.17, 15) is 18.0 Å². The van der Waals surface area contributed by atoms with E-state index in [1.165, 1.54) is 0 Å². The molecule has 2 aromatic rings. The number of halogens is 3. The molecule has 0 spiro atoms. The molecule has 2 aliphatic rings. The molecule has 126 valence electrons. The lowest BCUT2D eigenvalue weighted by Gasteiger charge is -2.25. The first-order valence-electron chi connectivity index (χ1n) is 7.63. The van der Waals surface area contributed by atoms with Gasteiger partial charge in [-0.05, 0) is 36.1 Å². The summed E-state index contributed by atoms with van der Waals surface area (Å²) in [5.41, 5.74) is 4.64. The van der Waals surface area contributed by atoms with Crippen molar-refractivity contribution in [3.8, 4) is 11.3 Å². The van der Waals surface area contributed by atoms with Crippen LogP contribution < -0.4 is 10.2 Å². The second-order valence-corrected chi connectivity index (χ2v) is 6.83. The number of aromatic nitrogens is 1. The summed E-state index contributed by atoms with van der Waals surface area (Å²) in [7, 11) is 0. The number of nitrogens with zero attached hydrogens (tertiary/aromatic N) is 2. The predicted molar refractivity (Wildman–Crippen MR) is 86.5 cm³/mol. The highest BCUT2D eigenvalue weighted by Crippen LogP contribution is 2.40. The molecule has 4 rings (SSSR count). The zero-order chi connectivity index (χ0) is 16.9. The molecule has 1 aromatic heterocycles. The third-order valence-electron chi connectivity index (χ3n) is 4.25. The lowest BCUT2D eigenvalue weighted by atomic mass is 9.96. The predicted octanol–water partition coefficient (Wildman–Crippen LogP) is 3.62. The number of benzene rings is 1. The zero-order valence-electron chi connectivity index (χ0n) is 12.6. The molecule has 3 heterocycles. The summed E-state index contributed by atoms with van der Waals surface area (Å²) in [6.45, 7) is -0.334. The molecular formula is C16H14F3N3OS. The Morgan fingerprint density at radius 3 is 2.88 bits per heavy atom. The van der Waals surface area contributed by atoms with Crippen LogP contribution in [0.2, 0.25) is 0 Å². The Bertz CT molecular complexity index is 815. The van der Waals surface area contributed by atoms with Gasteiger partial charge in [-0.2, -0.15) is 13.2 Å². The van der Waals surface area contributed by atoms with E-state index < -0.39 is 12.7 Å². The van der Waals surface area contributed by atoms with Gasteiger partial charge in [0.15, 0.2) is 5.13 Å². The van der Waals surface area contributed by atoms with Crippen molar-refractivity contribution in [3.05, 3.63) is 28.6 Å². The van der Waals surface area contributed by atoms with Crippen LogP contribution >= 0.6 is 11.3 Å². The van der Waals surface area contributed by atoms with Gasteiger partial charge in [-0.25, -0.2) is 4.98 Å². The second kappa shape index (κ2) is 5.47. The van der Waals surface area contributed by atoms with Gasteiger partial charge in [0.25, 0.3) is 0 Å². The minimum Gasteiger partial charge on any atom is -0.352 e. The molecule has 0 radical (unpaired) electrons. The van der Waals surface area contributed by atoms with Gasteiger partial charge in [-0.1, -0.05) is 0 Å². The van der Waals surface area contributed by atoms with Crippen molar-refractivity contribution in [2.24, 2.45) is 0 Å². The third-order valence-corrected chi connectivity index (χ3v) is 5.05. The largest absolute Gasteiger partial charge is 0.405 e. The van der Waals surface area contributed by atoms with Gasteiger partial charge in [0.1, 0.15) is 6.54 Å². The first kappa shape index (κ1) is 15.4. The number of carbonyl (C=O) groups excluding carboxylic acids is 1. The summed E-state index contributed by atoms with van der Waals surface area (Å²) >= 11 is 1.15. The van der Waals surface area contributed by atoms with Crippen LogP contribution in [0.4, 0.5) is 24.0 Å². The molecule has 0 aliphatic carbocycles. The minimum atomic E-state index is -4.27. The molecule has 1 aromatic carbocycles. The number of nitrogens with one attached hydrogen (secondary N) is 1. The van der Waals surface area contributed by atoms with E-state index in [2.05, 4.69) is 10.3 Å². The number of thiazole rings is 1. The van der Waals surface area contributed by atoms with Crippen molar-refractivity contribution in [3.63, 3.8) is 0 Å². The molecule has 8 heteroatoms. The van der Waals surface area contributed by atoms with Crippen LogP contribution in [0.25, 0.3) is 11.3 Å². The summed E-state index contributed by atoms with van der Waals surface area (Å²) in [6, 6.07) is 3.94. The third kappa shape index (κ3) is 2.75. The topological polar surface area (TPSA) is 45.2 Å². The van der Waals surface area contributed by atoms with Crippen LogP contribution in [-0.4, -0.2) is 30.2 Å². The number of rotatable bonds is 3. The van der Waals surface area contributed by atoms with E-state index >= 15 is 0 Å². The Morgan fingerprint density at radius 1 is 1.29 bits per heavy atom. The van der Waals surface area contributed by atoms with Crippen molar-refractivity contribution in [2.45, 2.75) is 25.4 Å². The summed E-state index contributed by atoms with van der Waals surface area (Å²) in [5.74, 6) is 0.119. The Kier molecular flexibility index (Phi) is 3.52. The number of anilines is 2. The molecule has 0 unspecified atom stereocenters. The van der Waals surface area contributed by atoms with Crippen molar-refractivity contribution in [1.29, 1.82) is 0 Å². The molecule has 1 N–H and O–H groups in total. The summed E-state index contributed by atoms with van der Waals surface area (Å²) in [6.07, 6.45) is -2.05. The van der Waals surface area contributed by atoms with Crippen LogP contribution in [-0.2, 0) is 17.6 Å². The highest BCUT2D eigenvalue weighted by Gasteiger charge is 2.32. The SMILES string of the molecule is O=C1Cc2cc(-c3csc(NCC(F)(F)F)n3)cc3c2N1CCC3. The van der Waals surface area contributed by atoms with Crippen molar-refractivity contribution in [1.82, 2.24) is 4.98 Å². The first-order chi connectivity index (χ1) is 11.4. The lowest BCUT2D eigenvalue weighted by molar-refractivity contribution is -0.117. The zero-order valence-corrected chi connectivity index (χ0v) is 13.4. The van der Waals surface area contributed by atoms with E-state index in [4.69, 9.17) is 0 Å². The highest BCUT2D eigenvalue weighted by molar-refractivity contribution is 7.14. The molecule has 0 saturated carbocycles. The van der Waals surface area contributed by atoms with Crippen molar-refractivity contribution in [2.75, 3.05) is 23.3 Å². The Labute approximate surface area is 140 Å². The molecule has 0 bridgehead atoms. The van der Waals surface area contributed by atoms with Crippen LogP contribution in [0.3, 0.4) is 0 Å². The standard InChI is InChI=1S/C16H14F3N3OS/c17-16(18,19)8-20-15-21-12(7-24-15)10-4-9-2-1-3-22-13(23)6-11(5-10)14(9)22/h4-5,7H,1-3,6,8H2,(H,20,21). The van der Waals surface area contributed by atoms with Gasteiger partial charge < -0.3 is 10.2 Å². The average Bonchev–Trinajstić information content (AvgIpc) is 3.11. The normalized spacial score (nSPS) is 16.5. The van der Waals surface area contributed by atoms with Crippen LogP contribution in [0.15, 0.2) is 17.5 Å². The maximum absolute atomic E-state index is 12.3. The monoisotopic (exact) mass is 353 g/mol. The Balaban J connectivity index is 1.63. The average molecular weight is 353 g/mol. The van der Waals surface area contributed by atoms with Crippen molar-refractivity contribution < 1.29 is 18.0 Å². The van der Waals surface area contributed by atoms with Crippen LogP contribution in [0.1, 0.15) is 17.5 Å². The highest BCUT2D eigenvalue weighted by atomic mass is 32.1. The summed E-state index contributed by atoms with van der Waals surface area (Å²) in [5, 5.41) is 4.29. The van der Waals surface area contributed by atoms with Gasteiger partial charge in [-0.15, -0.1) is 11.3 Å². The minimum absolute atomic E-state index is 0.119. The number of hydrogen-bond donors (Lipinski definition) is 1. The van der Waals surface area contributed by atoms with E-state index in [0.29, 0.717) is 12.1 Å². The molecular weight excluding hydrogens is 339 g/mol. The Morgan fingerprint density at radius 2 is 2.08 bits per heavy atom. The molecule has 0 atom stereocenters. The molecule has 4 nitrogen and oxygen atoms in total. The van der Waals surface area contributed by atoms with Gasteiger partial charge in [0.2, 0.25) is 5.91 Å². The van der Waals surface area contributed by atoms with E-state index in [-0.39, 0.29) is 11.0 Å². The second-order valence-electron chi connectivity index (χ2n) is 5.98. The number of aryl methyl sites for hydroxylation is 1. The fourth-order valence-electron chi connectivity index (χ4n) is 3.29. The maximum Gasteiger partial charge on any atom is 0.405 e. The lowest BCUT2D eigenvalue weighted by Crippen LogP contribution is -2.31. The molecule has 2 aliphatic heterocycles. The molecule has 1 amide bonds. The number of carbonyl (C=O) groups is 1. The fourth-order valence-corrected chi connectivity index (χ4v) is 4.01. The summed E-state index contributed by atoms with van der Waals surface area (Å²) < 4.78 is 36.8. The molecule has 0 saturated heterocycles. The molecule has 0 fully saturated rings. The fraction of sp³-hybridized carbons (Fsp3) is 0.375. The number of amides is 1. The van der Waals surface area contributed by atoms with Gasteiger partial charge >= 0.3 is 6.18 Å². The van der Waals surface area contributed by atoms with E-state index in [1.807, 2.05) is 17.0 Å². The number of alkyl halides is 3. The maximum atomic E-state index is 12.3. The van der Waals surface area contributed by atoms with Crippen LogP contribution in [0, 0.1) is 0 Å². The van der Waals surface area contributed by atoms with Gasteiger partial charge in [-0.3, -0.25) is 4.79 Å². The van der Waals surface area contributed by atoms with Gasteiger partial charge in [0.05, 0.1) is 17.8 Å². The van der Waals surface area contributed by atoms with Crippen molar-refractivity contribution >= 4 is 28.1 Å². The Hall–Kier alpha value is -2.09. The van der Waals surface area contributed by atoms with Crippen LogP contribution in [0.5, 0.6) is 0 Å². The van der Waals surface area contributed by atoms with E-state index in [0.717, 1.165) is 53.1 Å². The van der Waals surface area contributed by atoms with Gasteiger partial charge in [0, 0.05) is 17.5 Å². The number of hydrogen-bond acceptors (Lipinski definition) is 4. The van der Waals surface area contributed by atoms with E-state index in [1.54, 1.807) is 5.38 Å². The smallest absolute Gasteiger partial charge is 0.352 e. The first-order valence-corrected chi connectivity index (χ1v) is 8.51.